The number of primary amides is 1. The van der Waals surface area contributed by atoms with Gasteiger partial charge in [0.2, 0.25) is 5.91 Å². The Labute approximate surface area is 124 Å². The Kier molecular flexibility index (Phi) is 3.73. The van der Waals surface area contributed by atoms with E-state index in [1.165, 1.54) is 5.56 Å². The first-order valence-corrected chi connectivity index (χ1v) is 7.38. The molecule has 110 valence electrons. The standard InChI is InChI=1S/C16H20N4O/c1-11-4-5-14-13(7-11)16(19-10-18-14)20-6-2-3-12(9-20)8-15(17)21/h4-5,7,10,12H,2-3,6,8-9H2,1H3,(H2,17,21). The van der Waals surface area contributed by atoms with Crippen molar-refractivity contribution in [3.63, 3.8) is 0 Å². The summed E-state index contributed by atoms with van der Waals surface area (Å²) in [5, 5.41) is 1.08. The number of hydrogen-bond donors (Lipinski definition) is 1. The first-order valence-electron chi connectivity index (χ1n) is 7.38. The van der Waals surface area contributed by atoms with Gasteiger partial charge in [-0.2, -0.15) is 0 Å². The molecule has 0 bridgehead atoms. The van der Waals surface area contributed by atoms with Crippen molar-refractivity contribution in [2.24, 2.45) is 11.7 Å². The minimum atomic E-state index is -0.217. The van der Waals surface area contributed by atoms with E-state index in [1.54, 1.807) is 6.33 Å². The summed E-state index contributed by atoms with van der Waals surface area (Å²) in [5.74, 6) is 1.08. The normalized spacial score (nSPS) is 18.9. The molecule has 0 aliphatic carbocycles. The predicted molar refractivity (Wildman–Crippen MR) is 83.0 cm³/mol. The number of piperidine rings is 1. The molecule has 21 heavy (non-hydrogen) atoms. The number of aryl methyl sites for hydroxylation is 1. The lowest BCUT2D eigenvalue weighted by Crippen LogP contribution is -2.37. The minimum Gasteiger partial charge on any atom is -0.370 e. The zero-order valence-corrected chi connectivity index (χ0v) is 12.2. The first-order chi connectivity index (χ1) is 10.1. The Balaban J connectivity index is 1.92. The van der Waals surface area contributed by atoms with Gasteiger partial charge in [0.1, 0.15) is 12.1 Å². The number of anilines is 1. The summed E-state index contributed by atoms with van der Waals surface area (Å²) in [4.78, 5) is 22.2. The van der Waals surface area contributed by atoms with Crippen LogP contribution in [-0.2, 0) is 4.79 Å². The Hall–Kier alpha value is -2.17. The zero-order valence-electron chi connectivity index (χ0n) is 12.2. The van der Waals surface area contributed by atoms with E-state index >= 15 is 0 Å². The largest absolute Gasteiger partial charge is 0.370 e. The Morgan fingerprint density at radius 2 is 2.29 bits per heavy atom. The number of amides is 1. The average molecular weight is 284 g/mol. The predicted octanol–water partition coefficient (Wildman–Crippen LogP) is 2.03. The van der Waals surface area contributed by atoms with Gasteiger partial charge in [-0.25, -0.2) is 9.97 Å². The second-order valence-corrected chi connectivity index (χ2v) is 5.84. The monoisotopic (exact) mass is 284 g/mol. The Morgan fingerprint density at radius 1 is 1.43 bits per heavy atom. The van der Waals surface area contributed by atoms with Crippen molar-refractivity contribution in [2.45, 2.75) is 26.2 Å². The number of nitrogens with zero attached hydrogens (tertiary/aromatic N) is 3. The van der Waals surface area contributed by atoms with Crippen LogP contribution in [0.5, 0.6) is 0 Å². The van der Waals surface area contributed by atoms with Crippen LogP contribution in [0.15, 0.2) is 24.5 Å². The highest BCUT2D eigenvalue weighted by molar-refractivity contribution is 5.89. The maximum atomic E-state index is 11.1. The Morgan fingerprint density at radius 3 is 3.10 bits per heavy atom. The van der Waals surface area contributed by atoms with Crippen molar-refractivity contribution in [2.75, 3.05) is 18.0 Å². The van der Waals surface area contributed by atoms with Crippen LogP contribution in [0.3, 0.4) is 0 Å². The maximum absolute atomic E-state index is 11.1. The average Bonchev–Trinajstić information content (AvgIpc) is 2.46. The van der Waals surface area contributed by atoms with Crippen molar-refractivity contribution in [1.29, 1.82) is 0 Å². The van der Waals surface area contributed by atoms with E-state index < -0.39 is 0 Å². The molecule has 0 radical (unpaired) electrons. The lowest BCUT2D eigenvalue weighted by Gasteiger charge is -2.33. The number of benzene rings is 1. The van der Waals surface area contributed by atoms with Gasteiger partial charge in [0.05, 0.1) is 5.52 Å². The fourth-order valence-electron chi connectivity index (χ4n) is 3.12. The number of aromatic nitrogens is 2. The lowest BCUT2D eigenvalue weighted by atomic mass is 9.94. The molecular formula is C16H20N4O. The molecular weight excluding hydrogens is 264 g/mol. The van der Waals surface area contributed by atoms with Crippen molar-refractivity contribution >= 4 is 22.6 Å². The van der Waals surface area contributed by atoms with Gasteiger partial charge in [-0.15, -0.1) is 0 Å². The molecule has 1 aliphatic rings. The summed E-state index contributed by atoms with van der Waals surface area (Å²) in [5.41, 5.74) is 7.49. The second kappa shape index (κ2) is 5.68. The van der Waals surface area contributed by atoms with Crippen LogP contribution < -0.4 is 10.6 Å². The molecule has 2 aromatic rings. The molecule has 1 aromatic carbocycles. The van der Waals surface area contributed by atoms with Gasteiger partial charge < -0.3 is 10.6 Å². The topological polar surface area (TPSA) is 72.1 Å². The summed E-state index contributed by atoms with van der Waals surface area (Å²) in [6.45, 7) is 3.88. The fraction of sp³-hybridized carbons (Fsp3) is 0.438. The number of carbonyl (C=O) groups is 1. The number of nitrogens with two attached hydrogens (primary N) is 1. The SMILES string of the molecule is Cc1ccc2ncnc(N3CCCC(CC(N)=O)C3)c2c1. The van der Waals surface area contributed by atoms with Crippen molar-refractivity contribution in [3.8, 4) is 0 Å². The second-order valence-electron chi connectivity index (χ2n) is 5.84. The Bertz CT molecular complexity index is 670. The number of rotatable bonds is 3. The van der Waals surface area contributed by atoms with Gasteiger partial charge in [0, 0.05) is 24.9 Å². The van der Waals surface area contributed by atoms with E-state index in [9.17, 15) is 4.79 Å². The molecule has 5 heteroatoms. The van der Waals surface area contributed by atoms with Gasteiger partial charge in [-0.05, 0) is 37.8 Å². The number of hydrogen-bond acceptors (Lipinski definition) is 4. The molecule has 1 saturated heterocycles. The van der Waals surface area contributed by atoms with Gasteiger partial charge in [-0.3, -0.25) is 4.79 Å². The van der Waals surface area contributed by atoms with Crippen molar-refractivity contribution in [3.05, 3.63) is 30.1 Å². The van der Waals surface area contributed by atoms with Crippen molar-refractivity contribution < 1.29 is 4.79 Å². The highest BCUT2D eigenvalue weighted by atomic mass is 16.1. The van der Waals surface area contributed by atoms with Gasteiger partial charge in [0.25, 0.3) is 0 Å². The third-order valence-corrected chi connectivity index (χ3v) is 4.08. The molecule has 5 nitrogen and oxygen atoms in total. The molecule has 2 N–H and O–H groups in total. The van der Waals surface area contributed by atoms with E-state index in [0.29, 0.717) is 12.3 Å². The van der Waals surface area contributed by atoms with Gasteiger partial charge >= 0.3 is 0 Å². The van der Waals surface area contributed by atoms with Crippen LogP contribution in [0.25, 0.3) is 10.9 Å². The molecule has 3 rings (SSSR count). The quantitative estimate of drug-likeness (QED) is 0.936. The van der Waals surface area contributed by atoms with Gasteiger partial charge in [-0.1, -0.05) is 11.6 Å². The molecule has 1 aromatic heterocycles. The molecule has 1 unspecified atom stereocenters. The molecule has 1 aliphatic heterocycles. The van der Waals surface area contributed by atoms with Crippen LogP contribution in [-0.4, -0.2) is 29.0 Å². The van der Waals surface area contributed by atoms with E-state index in [1.807, 2.05) is 6.07 Å². The number of carbonyl (C=O) groups excluding carboxylic acids is 1. The van der Waals surface area contributed by atoms with Crippen molar-refractivity contribution in [1.82, 2.24) is 9.97 Å². The van der Waals surface area contributed by atoms with Crippen LogP contribution in [0.2, 0.25) is 0 Å². The summed E-state index contributed by atoms with van der Waals surface area (Å²) in [7, 11) is 0. The third kappa shape index (κ3) is 2.96. The molecule has 1 fully saturated rings. The van der Waals surface area contributed by atoms with Crippen LogP contribution >= 0.6 is 0 Å². The van der Waals surface area contributed by atoms with E-state index in [0.717, 1.165) is 42.7 Å². The number of fused-ring (bicyclic) bond motifs is 1. The summed E-state index contributed by atoms with van der Waals surface area (Å²) in [6.07, 6.45) is 4.19. The fourth-order valence-corrected chi connectivity index (χ4v) is 3.12. The smallest absolute Gasteiger partial charge is 0.217 e. The molecule has 1 amide bonds. The van der Waals surface area contributed by atoms with Crippen LogP contribution in [0.4, 0.5) is 5.82 Å². The maximum Gasteiger partial charge on any atom is 0.217 e. The zero-order chi connectivity index (χ0) is 14.8. The first kappa shape index (κ1) is 13.8. The van der Waals surface area contributed by atoms with Crippen LogP contribution in [0, 0.1) is 12.8 Å². The van der Waals surface area contributed by atoms with E-state index in [2.05, 4.69) is 33.9 Å². The van der Waals surface area contributed by atoms with Crippen LogP contribution in [0.1, 0.15) is 24.8 Å². The minimum absolute atomic E-state index is 0.217. The van der Waals surface area contributed by atoms with E-state index in [-0.39, 0.29) is 5.91 Å². The highest BCUT2D eigenvalue weighted by Gasteiger charge is 2.23. The molecule has 0 spiro atoms. The summed E-state index contributed by atoms with van der Waals surface area (Å²) >= 11 is 0. The lowest BCUT2D eigenvalue weighted by molar-refractivity contribution is -0.118. The third-order valence-electron chi connectivity index (χ3n) is 4.08. The van der Waals surface area contributed by atoms with E-state index in [4.69, 9.17) is 5.73 Å². The molecule has 2 heterocycles. The molecule has 1 atom stereocenters. The summed E-state index contributed by atoms with van der Waals surface area (Å²) < 4.78 is 0. The summed E-state index contributed by atoms with van der Waals surface area (Å²) in [6, 6.07) is 6.22. The highest BCUT2D eigenvalue weighted by Crippen LogP contribution is 2.28. The van der Waals surface area contributed by atoms with Gasteiger partial charge in [0.15, 0.2) is 0 Å². The molecule has 0 saturated carbocycles.